The molecule has 0 aliphatic carbocycles. The minimum Gasteiger partial charge on any atom is -0.467 e. The molecule has 2 atom stereocenters. The van der Waals surface area contributed by atoms with E-state index in [0.717, 1.165) is 0 Å². The average Bonchev–Trinajstić information content (AvgIpc) is 2.45. The Morgan fingerprint density at radius 2 is 2.24 bits per heavy atom. The highest BCUT2D eigenvalue weighted by Gasteiger charge is 2.32. The van der Waals surface area contributed by atoms with Gasteiger partial charge < -0.3 is 14.4 Å². The lowest BCUT2D eigenvalue weighted by atomic mass is 10.1. The number of nitrogens with zero attached hydrogens (tertiary/aromatic N) is 2. The quantitative estimate of drug-likeness (QED) is 0.482. The number of morpholine rings is 1. The molecule has 0 aromatic heterocycles. The van der Waals surface area contributed by atoms with Crippen molar-refractivity contribution in [3.63, 3.8) is 0 Å². The van der Waals surface area contributed by atoms with Gasteiger partial charge in [0.25, 0.3) is 5.69 Å². The monoisotopic (exact) mass is 314 g/mol. The van der Waals surface area contributed by atoms with Crippen molar-refractivity contribution in [3.05, 3.63) is 33.3 Å². The molecule has 0 N–H and O–H groups in total. The minimum absolute atomic E-state index is 0.0745. The smallest absolute Gasteiger partial charge is 0.336 e. The van der Waals surface area contributed by atoms with Crippen molar-refractivity contribution in [2.24, 2.45) is 0 Å². The normalized spacial score (nSPS) is 22.0. The van der Waals surface area contributed by atoms with Gasteiger partial charge in [-0.2, -0.15) is 0 Å². The molecule has 1 aromatic carbocycles. The molecule has 0 amide bonds. The predicted octanol–water partition coefficient (Wildman–Crippen LogP) is 2.01. The van der Waals surface area contributed by atoms with Gasteiger partial charge in [-0.3, -0.25) is 10.1 Å². The van der Waals surface area contributed by atoms with Gasteiger partial charge in [-0.1, -0.05) is 11.6 Å². The number of methoxy groups -OCH3 is 1. The van der Waals surface area contributed by atoms with Crippen LogP contribution in [0.2, 0.25) is 5.02 Å². The lowest BCUT2D eigenvalue weighted by Crippen LogP contribution is -2.50. The summed E-state index contributed by atoms with van der Waals surface area (Å²) in [6.45, 7) is 2.65. The first-order chi connectivity index (χ1) is 9.92. The molecular formula is C13H15ClN2O5. The molecule has 2 rings (SSSR count). The molecule has 1 aromatic rings. The summed E-state index contributed by atoms with van der Waals surface area (Å²) in [6.07, 6.45) is -0.890. The van der Waals surface area contributed by atoms with E-state index < -0.39 is 17.0 Å². The Balaban J connectivity index is 2.24. The standard InChI is InChI=1S/C13H15ClN2O5/c1-8-6-15(7-12(21-8)13(17)20-2)11-4-3-9(16(18)19)5-10(11)14/h3-5,8,12H,6-7H2,1-2H3/t8-,12?/m1/s1. The van der Waals surface area contributed by atoms with Crippen molar-refractivity contribution in [1.29, 1.82) is 0 Å². The van der Waals surface area contributed by atoms with Gasteiger partial charge >= 0.3 is 5.97 Å². The van der Waals surface area contributed by atoms with Gasteiger partial charge in [0.2, 0.25) is 0 Å². The molecule has 1 aliphatic rings. The summed E-state index contributed by atoms with van der Waals surface area (Å²) in [4.78, 5) is 23.7. The summed E-state index contributed by atoms with van der Waals surface area (Å²) in [5.41, 5.74) is 0.556. The maximum atomic E-state index is 11.6. The van der Waals surface area contributed by atoms with Crippen molar-refractivity contribution in [1.82, 2.24) is 0 Å². The van der Waals surface area contributed by atoms with Crippen molar-refractivity contribution >= 4 is 28.9 Å². The zero-order valence-electron chi connectivity index (χ0n) is 11.6. The van der Waals surface area contributed by atoms with Gasteiger partial charge in [0.15, 0.2) is 6.10 Å². The van der Waals surface area contributed by atoms with Crippen LogP contribution in [0.5, 0.6) is 0 Å². The van der Waals surface area contributed by atoms with E-state index in [-0.39, 0.29) is 23.4 Å². The fourth-order valence-corrected chi connectivity index (χ4v) is 2.57. The third-order valence-electron chi connectivity index (χ3n) is 3.21. The molecular weight excluding hydrogens is 300 g/mol. The van der Waals surface area contributed by atoms with E-state index in [2.05, 4.69) is 0 Å². The van der Waals surface area contributed by atoms with Gasteiger partial charge in [-0.15, -0.1) is 0 Å². The Morgan fingerprint density at radius 3 is 2.81 bits per heavy atom. The highest BCUT2D eigenvalue weighted by atomic mass is 35.5. The van der Waals surface area contributed by atoms with Crippen molar-refractivity contribution < 1.29 is 19.2 Å². The Bertz CT molecular complexity index is 565. The number of halogens is 1. The van der Waals surface area contributed by atoms with E-state index in [0.29, 0.717) is 12.2 Å². The average molecular weight is 315 g/mol. The molecule has 1 fully saturated rings. The van der Waals surface area contributed by atoms with Gasteiger partial charge in [-0.25, -0.2) is 4.79 Å². The second-order valence-corrected chi connectivity index (χ2v) is 5.16. The van der Waals surface area contributed by atoms with Crippen LogP contribution in [-0.2, 0) is 14.3 Å². The SMILES string of the molecule is COC(=O)C1CN(c2ccc([N+](=O)[O-])cc2Cl)C[C@@H](C)O1. The molecule has 0 saturated carbocycles. The molecule has 1 heterocycles. The molecule has 8 heteroatoms. The molecule has 0 bridgehead atoms. The highest BCUT2D eigenvalue weighted by molar-refractivity contribution is 6.33. The second-order valence-electron chi connectivity index (χ2n) is 4.76. The molecule has 0 radical (unpaired) electrons. The highest BCUT2D eigenvalue weighted by Crippen LogP contribution is 2.31. The minimum atomic E-state index is -0.704. The van der Waals surface area contributed by atoms with Gasteiger partial charge in [-0.05, 0) is 13.0 Å². The van der Waals surface area contributed by atoms with Crippen molar-refractivity contribution in [2.75, 3.05) is 25.1 Å². The number of anilines is 1. The summed E-state index contributed by atoms with van der Waals surface area (Å²) < 4.78 is 10.2. The number of hydrogen-bond acceptors (Lipinski definition) is 6. The van der Waals surface area contributed by atoms with Crippen molar-refractivity contribution in [3.8, 4) is 0 Å². The van der Waals surface area contributed by atoms with E-state index >= 15 is 0 Å². The molecule has 21 heavy (non-hydrogen) atoms. The zero-order chi connectivity index (χ0) is 15.6. The number of ether oxygens (including phenoxy) is 2. The molecule has 7 nitrogen and oxygen atoms in total. The molecule has 1 saturated heterocycles. The maximum absolute atomic E-state index is 11.6. The summed E-state index contributed by atoms with van der Waals surface area (Å²) in [7, 11) is 1.30. The first-order valence-electron chi connectivity index (χ1n) is 6.34. The van der Waals surface area contributed by atoms with E-state index in [4.69, 9.17) is 21.1 Å². The van der Waals surface area contributed by atoms with Crippen LogP contribution in [0.1, 0.15) is 6.92 Å². The molecule has 1 aliphatic heterocycles. The maximum Gasteiger partial charge on any atom is 0.336 e. The van der Waals surface area contributed by atoms with E-state index in [9.17, 15) is 14.9 Å². The Kier molecular flexibility index (Phi) is 4.64. The largest absolute Gasteiger partial charge is 0.467 e. The number of carbonyl (C=O) groups excluding carboxylic acids is 1. The number of carbonyl (C=O) groups is 1. The lowest BCUT2D eigenvalue weighted by molar-refractivity contribution is -0.384. The summed E-state index contributed by atoms with van der Waals surface area (Å²) in [5, 5.41) is 11.0. The number of nitro benzene ring substituents is 1. The number of nitro groups is 1. The van der Waals surface area contributed by atoms with Crippen LogP contribution in [-0.4, -0.2) is 43.3 Å². The number of non-ortho nitro benzene ring substituents is 1. The Morgan fingerprint density at radius 1 is 1.52 bits per heavy atom. The topological polar surface area (TPSA) is 81.9 Å². The van der Waals surface area contributed by atoms with Crippen LogP contribution >= 0.6 is 11.6 Å². The summed E-state index contributed by atoms with van der Waals surface area (Å²) in [5.74, 6) is -0.454. The van der Waals surface area contributed by atoms with Gasteiger partial charge in [0.05, 0.1) is 35.4 Å². The zero-order valence-corrected chi connectivity index (χ0v) is 12.4. The fraction of sp³-hybridized carbons (Fsp3) is 0.462. The predicted molar refractivity (Wildman–Crippen MR) is 76.7 cm³/mol. The fourth-order valence-electron chi connectivity index (χ4n) is 2.28. The van der Waals surface area contributed by atoms with Crippen LogP contribution in [0.15, 0.2) is 18.2 Å². The van der Waals surface area contributed by atoms with E-state index in [1.807, 2.05) is 11.8 Å². The third kappa shape index (κ3) is 3.43. The van der Waals surface area contributed by atoms with E-state index in [1.165, 1.54) is 19.2 Å². The van der Waals surface area contributed by atoms with Crippen LogP contribution in [0.25, 0.3) is 0 Å². The third-order valence-corrected chi connectivity index (χ3v) is 3.51. The number of rotatable bonds is 3. The molecule has 0 spiro atoms. The first-order valence-corrected chi connectivity index (χ1v) is 6.72. The van der Waals surface area contributed by atoms with Crippen LogP contribution < -0.4 is 4.90 Å². The molecule has 114 valence electrons. The Labute approximate surface area is 126 Å². The number of hydrogen-bond donors (Lipinski definition) is 0. The lowest BCUT2D eigenvalue weighted by Gasteiger charge is -2.37. The van der Waals surface area contributed by atoms with Gasteiger partial charge in [0, 0.05) is 18.7 Å². The van der Waals surface area contributed by atoms with Crippen LogP contribution in [0.4, 0.5) is 11.4 Å². The van der Waals surface area contributed by atoms with E-state index in [1.54, 1.807) is 6.07 Å². The summed E-state index contributed by atoms with van der Waals surface area (Å²) in [6, 6.07) is 4.26. The second kappa shape index (κ2) is 6.28. The Hall–Kier alpha value is -1.86. The first kappa shape index (κ1) is 15.5. The van der Waals surface area contributed by atoms with Gasteiger partial charge in [0.1, 0.15) is 0 Å². The van der Waals surface area contributed by atoms with Crippen LogP contribution in [0.3, 0.4) is 0 Å². The molecule has 1 unspecified atom stereocenters. The van der Waals surface area contributed by atoms with Crippen LogP contribution in [0, 0.1) is 10.1 Å². The summed E-state index contributed by atoms with van der Waals surface area (Å²) >= 11 is 6.11. The number of esters is 1. The van der Waals surface area contributed by atoms with Crippen molar-refractivity contribution in [2.45, 2.75) is 19.1 Å². The number of benzene rings is 1.